The summed E-state index contributed by atoms with van der Waals surface area (Å²) < 4.78 is 6.40. The fourth-order valence-electron chi connectivity index (χ4n) is 2.53. The Kier molecular flexibility index (Phi) is 6.30. The molecule has 1 N–H and O–H groups in total. The summed E-state index contributed by atoms with van der Waals surface area (Å²) in [5.41, 5.74) is 3.40. The van der Waals surface area contributed by atoms with Crippen LogP contribution in [0.5, 0.6) is 0 Å². The van der Waals surface area contributed by atoms with E-state index in [9.17, 15) is 9.59 Å². The molecule has 3 rings (SSSR count). The Balaban J connectivity index is 1.48. The fraction of sp³-hybridized carbons (Fsp3) is 0.143. The smallest absolute Gasteiger partial charge is 0.337 e. The predicted molar refractivity (Wildman–Crippen MR) is 104 cm³/mol. The second-order valence-corrected chi connectivity index (χ2v) is 6.07. The van der Waals surface area contributed by atoms with Crippen LogP contribution < -0.4 is 5.32 Å². The van der Waals surface area contributed by atoms with Crippen molar-refractivity contribution in [3.63, 3.8) is 0 Å². The van der Waals surface area contributed by atoms with Crippen LogP contribution in [0.15, 0.2) is 67.3 Å². The Morgan fingerprint density at radius 1 is 1.07 bits per heavy atom. The van der Waals surface area contributed by atoms with Gasteiger partial charge in [0.1, 0.15) is 12.7 Å². The zero-order chi connectivity index (χ0) is 19.8. The van der Waals surface area contributed by atoms with Gasteiger partial charge in [-0.1, -0.05) is 36.4 Å². The first-order chi connectivity index (χ1) is 13.6. The number of amides is 1. The highest BCUT2D eigenvalue weighted by molar-refractivity contribution is 5.92. The first-order valence-corrected chi connectivity index (χ1v) is 8.68. The minimum Gasteiger partial charge on any atom is -0.465 e. The van der Waals surface area contributed by atoms with Crippen LogP contribution in [0.4, 0.5) is 0 Å². The Labute approximate surface area is 162 Å². The number of nitrogens with one attached hydrogen (secondary N) is 1. The normalized spacial score (nSPS) is 10.8. The number of aromatic nitrogens is 3. The monoisotopic (exact) mass is 376 g/mol. The Hall–Kier alpha value is -3.74. The molecule has 1 amide bonds. The van der Waals surface area contributed by atoms with Crippen LogP contribution in [-0.2, 0) is 22.6 Å². The maximum Gasteiger partial charge on any atom is 0.337 e. The molecule has 0 unspecified atom stereocenters. The maximum absolute atomic E-state index is 12.0. The van der Waals surface area contributed by atoms with E-state index in [1.807, 2.05) is 24.3 Å². The number of benzene rings is 2. The highest BCUT2D eigenvalue weighted by Gasteiger charge is 2.03. The largest absolute Gasteiger partial charge is 0.465 e. The molecule has 0 bridgehead atoms. The van der Waals surface area contributed by atoms with Crippen LogP contribution in [0.25, 0.3) is 6.08 Å². The molecule has 28 heavy (non-hydrogen) atoms. The molecule has 0 atom stereocenters. The molecule has 0 saturated heterocycles. The third-order valence-electron chi connectivity index (χ3n) is 4.06. The quantitative estimate of drug-likeness (QED) is 0.506. The summed E-state index contributed by atoms with van der Waals surface area (Å²) in [6, 6.07) is 14.8. The highest BCUT2D eigenvalue weighted by Crippen LogP contribution is 2.08. The van der Waals surface area contributed by atoms with E-state index in [0.29, 0.717) is 18.7 Å². The van der Waals surface area contributed by atoms with Crippen molar-refractivity contribution in [3.8, 4) is 0 Å². The second kappa shape index (κ2) is 9.27. The summed E-state index contributed by atoms with van der Waals surface area (Å²) >= 11 is 0. The number of nitrogens with zero attached hydrogens (tertiary/aromatic N) is 3. The second-order valence-electron chi connectivity index (χ2n) is 6.07. The molecule has 0 radical (unpaired) electrons. The zero-order valence-corrected chi connectivity index (χ0v) is 15.4. The van der Waals surface area contributed by atoms with Crippen molar-refractivity contribution >= 4 is 18.0 Å². The van der Waals surface area contributed by atoms with Crippen LogP contribution in [-0.4, -0.2) is 33.8 Å². The van der Waals surface area contributed by atoms with Crippen LogP contribution in [0.3, 0.4) is 0 Å². The molecule has 0 spiro atoms. The summed E-state index contributed by atoms with van der Waals surface area (Å²) in [5, 5.41) is 6.92. The molecule has 2 aromatic carbocycles. The lowest BCUT2D eigenvalue weighted by Crippen LogP contribution is -2.20. The Morgan fingerprint density at radius 2 is 1.79 bits per heavy atom. The number of carbonyl (C=O) groups is 2. The van der Waals surface area contributed by atoms with Gasteiger partial charge >= 0.3 is 5.97 Å². The molecule has 7 heteroatoms. The van der Waals surface area contributed by atoms with Gasteiger partial charge in [-0.2, -0.15) is 5.10 Å². The van der Waals surface area contributed by atoms with Gasteiger partial charge in [-0.3, -0.25) is 4.79 Å². The van der Waals surface area contributed by atoms with Gasteiger partial charge in [-0.15, -0.1) is 0 Å². The number of ether oxygens (including phenoxy) is 1. The number of methoxy groups -OCH3 is 1. The standard InChI is InChI=1S/C21H20N4O3/c1-28-21(27)19-9-6-16(7-10-19)8-11-20(26)23-12-17-2-4-18(5-3-17)13-25-15-22-14-24-25/h2-11,14-15H,12-13H2,1H3,(H,23,26)/b11-8+. The van der Waals surface area contributed by atoms with Crippen LogP contribution >= 0.6 is 0 Å². The van der Waals surface area contributed by atoms with Crippen molar-refractivity contribution in [2.24, 2.45) is 0 Å². The van der Waals surface area contributed by atoms with Gasteiger partial charge < -0.3 is 10.1 Å². The molecule has 0 fully saturated rings. The van der Waals surface area contributed by atoms with E-state index in [0.717, 1.165) is 16.7 Å². The summed E-state index contributed by atoms with van der Waals surface area (Å²) in [7, 11) is 1.34. The lowest BCUT2D eigenvalue weighted by Gasteiger charge is -2.05. The van der Waals surface area contributed by atoms with E-state index >= 15 is 0 Å². The van der Waals surface area contributed by atoms with Crippen molar-refractivity contribution in [1.82, 2.24) is 20.1 Å². The number of rotatable bonds is 7. The first kappa shape index (κ1) is 19.0. The van der Waals surface area contributed by atoms with Gasteiger partial charge in [0.25, 0.3) is 0 Å². The predicted octanol–water partition coefficient (Wildman–Crippen LogP) is 2.44. The summed E-state index contributed by atoms with van der Waals surface area (Å²) in [4.78, 5) is 27.3. The molecule has 7 nitrogen and oxygen atoms in total. The van der Waals surface area contributed by atoms with E-state index in [-0.39, 0.29) is 11.9 Å². The topological polar surface area (TPSA) is 86.1 Å². The summed E-state index contributed by atoms with van der Waals surface area (Å²) in [5.74, 6) is -0.579. The van der Waals surface area contributed by atoms with Gasteiger partial charge in [-0.05, 0) is 34.9 Å². The number of hydrogen-bond acceptors (Lipinski definition) is 5. The van der Waals surface area contributed by atoms with Gasteiger partial charge in [-0.25, -0.2) is 14.5 Å². The van der Waals surface area contributed by atoms with E-state index < -0.39 is 0 Å². The van der Waals surface area contributed by atoms with Crippen molar-refractivity contribution in [2.75, 3.05) is 7.11 Å². The molecule has 0 aliphatic rings. The van der Waals surface area contributed by atoms with E-state index in [1.54, 1.807) is 41.4 Å². The van der Waals surface area contributed by atoms with Gasteiger partial charge in [0, 0.05) is 12.6 Å². The molecule has 1 heterocycles. The zero-order valence-electron chi connectivity index (χ0n) is 15.4. The minimum atomic E-state index is -0.388. The number of esters is 1. The molecule has 0 aliphatic heterocycles. The van der Waals surface area contributed by atoms with Crippen LogP contribution in [0.2, 0.25) is 0 Å². The summed E-state index contributed by atoms with van der Waals surface area (Å²) in [6.07, 6.45) is 6.33. The van der Waals surface area contributed by atoms with E-state index in [1.165, 1.54) is 19.5 Å². The van der Waals surface area contributed by atoms with Gasteiger partial charge in [0.05, 0.1) is 19.2 Å². The molecule has 0 aliphatic carbocycles. The first-order valence-electron chi connectivity index (χ1n) is 8.68. The van der Waals surface area contributed by atoms with Crippen LogP contribution in [0.1, 0.15) is 27.0 Å². The van der Waals surface area contributed by atoms with Crippen molar-refractivity contribution in [3.05, 3.63) is 89.5 Å². The van der Waals surface area contributed by atoms with Crippen molar-refractivity contribution in [1.29, 1.82) is 0 Å². The van der Waals surface area contributed by atoms with E-state index in [2.05, 4.69) is 20.1 Å². The lowest BCUT2D eigenvalue weighted by atomic mass is 10.1. The SMILES string of the molecule is COC(=O)c1ccc(/C=C/C(=O)NCc2ccc(Cn3cncn3)cc2)cc1. The molecular weight excluding hydrogens is 356 g/mol. The van der Waals surface area contributed by atoms with Gasteiger partial charge in [0.2, 0.25) is 5.91 Å². The number of carbonyl (C=O) groups excluding carboxylic acids is 2. The average Bonchev–Trinajstić information content (AvgIpc) is 3.24. The van der Waals surface area contributed by atoms with Crippen molar-refractivity contribution in [2.45, 2.75) is 13.1 Å². The fourth-order valence-corrected chi connectivity index (χ4v) is 2.53. The van der Waals surface area contributed by atoms with Crippen LogP contribution in [0, 0.1) is 0 Å². The molecule has 0 saturated carbocycles. The number of hydrogen-bond donors (Lipinski definition) is 1. The third-order valence-corrected chi connectivity index (χ3v) is 4.06. The average molecular weight is 376 g/mol. The Bertz CT molecular complexity index is 946. The van der Waals surface area contributed by atoms with Gasteiger partial charge in [0.15, 0.2) is 0 Å². The third kappa shape index (κ3) is 5.38. The molecule has 1 aromatic heterocycles. The molecule has 3 aromatic rings. The Morgan fingerprint density at radius 3 is 2.43 bits per heavy atom. The maximum atomic E-state index is 12.0. The van der Waals surface area contributed by atoms with E-state index in [4.69, 9.17) is 0 Å². The molecule has 142 valence electrons. The lowest BCUT2D eigenvalue weighted by molar-refractivity contribution is -0.116. The minimum absolute atomic E-state index is 0.191. The highest BCUT2D eigenvalue weighted by atomic mass is 16.5. The summed E-state index contributed by atoms with van der Waals surface area (Å²) in [6.45, 7) is 1.10. The van der Waals surface area contributed by atoms with Crippen molar-refractivity contribution < 1.29 is 14.3 Å². The molecular formula is C21H20N4O3.